The lowest BCUT2D eigenvalue weighted by atomic mass is 10.1. The number of halogens is 2. The van der Waals surface area contributed by atoms with E-state index in [1.807, 2.05) is 0 Å². The number of anilines is 1. The molecule has 0 aliphatic heterocycles. The summed E-state index contributed by atoms with van der Waals surface area (Å²) in [6.07, 6.45) is 0.129. The monoisotopic (exact) mass is 445 g/mol. The molecular weight excluding hydrogens is 430 g/mol. The highest BCUT2D eigenvalue weighted by molar-refractivity contribution is 9.11. The highest BCUT2D eigenvalue weighted by Gasteiger charge is 2.15. The van der Waals surface area contributed by atoms with Crippen molar-refractivity contribution < 1.29 is 14.3 Å². The molecule has 1 heterocycles. The van der Waals surface area contributed by atoms with Gasteiger partial charge in [-0.3, -0.25) is 9.59 Å². The topological polar surface area (TPSA) is 80.3 Å². The van der Waals surface area contributed by atoms with E-state index in [-0.39, 0.29) is 24.1 Å². The van der Waals surface area contributed by atoms with E-state index in [1.165, 1.54) is 11.3 Å². The third-order valence-corrected chi connectivity index (χ3v) is 4.94. The molecular formula is C16H17BrClN3O3S. The average Bonchev–Trinajstić information content (AvgIpc) is 3.00. The van der Waals surface area contributed by atoms with E-state index in [0.717, 1.165) is 9.48 Å². The van der Waals surface area contributed by atoms with E-state index in [2.05, 4.69) is 31.5 Å². The van der Waals surface area contributed by atoms with Crippen LogP contribution in [-0.4, -0.2) is 37.1 Å². The van der Waals surface area contributed by atoms with Crippen molar-refractivity contribution in [3.05, 3.63) is 44.3 Å². The van der Waals surface area contributed by atoms with Crippen LogP contribution in [0.1, 0.15) is 21.6 Å². The Bertz CT molecular complexity index is 754. The largest absolute Gasteiger partial charge is 0.383 e. The predicted octanol–water partition coefficient (Wildman–Crippen LogP) is 3.20. The highest BCUT2D eigenvalue weighted by Crippen LogP contribution is 2.20. The van der Waals surface area contributed by atoms with Crippen LogP contribution in [0.5, 0.6) is 0 Å². The number of carbonyl (C=O) groups excluding carboxylic acids is 2. The number of rotatable bonds is 8. The number of amides is 2. The number of thiazole rings is 1. The van der Waals surface area contributed by atoms with Gasteiger partial charge in [0, 0.05) is 24.9 Å². The van der Waals surface area contributed by atoms with Gasteiger partial charge in [-0.05, 0) is 33.6 Å². The molecule has 0 aliphatic rings. The molecule has 0 fully saturated rings. The van der Waals surface area contributed by atoms with E-state index in [9.17, 15) is 9.59 Å². The van der Waals surface area contributed by atoms with Gasteiger partial charge in [-0.15, -0.1) is 22.9 Å². The molecule has 0 saturated carbocycles. The number of ether oxygens (including phenoxy) is 1. The van der Waals surface area contributed by atoms with Crippen molar-refractivity contribution in [1.29, 1.82) is 0 Å². The van der Waals surface area contributed by atoms with Crippen molar-refractivity contribution in [3.63, 3.8) is 0 Å². The van der Waals surface area contributed by atoms with Crippen LogP contribution in [0.2, 0.25) is 0 Å². The smallest absolute Gasteiger partial charge is 0.253 e. The molecule has 9 heteroatoms. The Morgan fingerprint density at radius 3 is 2.84 bits per heavy atom. The third kappa shape index (κ3) is 6.07. The lowest BCUT2D eigenvalue weighted by Gasteiger charge is -2.12. The molecule has 1 aromatic heterocycles. The molecule has 0 aliphatic carbocycles. The van der Waals surface area contributed by atoms with Crippen LogP contribution < -0.4 is 10.6 Å². The summed E-state index contributed by atoms with van der Waals surface area (Å²) in [4.78, 5) is 28.8. The number of carbonyl (C=O) groups is 2. The molecule has 0 bridgehead atoms. The highest BCUT2D eigenvalue weighted by atomic mass is 79.9. The van der Waals surface area contributed by atoms with Gasteiger partial charge in [0.15, 0.2) is 3.92 Å². The number of hydrogen-bond donors (Lipinski definition) is 2. The molecule has 0 atom stereocenters. The maximum atomic E-state index is 12.4. The van der Waals surface area contributed by atoms with Crippen LogP contribution in [0.25, 0.3) is 0 Å². The Morgan fingerprint density at radius 2 is 2.20 bits per heavy atom. The Balaban J connectivity index is 2.12. The molecule has 0 spiro atoms. The molecule has 6 nitrogen and oxygen atoms in total. The predicted molar refractivity (Wildman–Crippen MR) is 102 cm³/mol. The summed E-state index contributed by atoms with van der Waals surface area (Å²) < 4.78 is 5.64. The molecule has 1 aromatic carbocycles. The summed E-state index contributed by atoms with van der Waals surface area (Å²) in [6.45, 7) is 0.780. The number of aromatic nitrogens is 1. The zero-order valence-electron chi connectivity index (χ0n) is 13.5. The first-order valence-electron chi connectivity index (χ1n) is 7.39. The Hall–Kier alpha value is -1.48. The minimum absolute atomic E-state index is 0.129. The van der Waals surface area contributed by atoms with Gasteiger partial charge in [0.1, 0.15) is 0 Å². The van der Waals surface area contributed by atoms with Crippen LogP contribution in [0.4, 0.5) is 5.69 Å². The zero-order chi connectivity index (χ0) is 18.2. The minimum Gasteiger partial charge on any atom is -0.383 e. The third-order valence-electron chi connectivity index (χ3n) is 3.21. The van der Waals surface area contributed by atoms with Gasteiger partial charge in [0.2, 0.25) is 5.91 Å². The standard InChI is InChI=1S/C16H17BrClN3O3S/c1-24-5-4-19-15(23)12-6-10(8-18)2-3-13(12)21-14(22)7-11-9-25-16(17)20-11/h2-3,6,9H,4-5,7-8H2,1H3,(H,19,23)(H,21,22). The molecule has 25 heavy (non-hydrogen) atoms. The second-order valence-corrected chi connectivity index (χ2v) is 7.48. The van der Waals surface area contributed by atoms with E-state index < -0.39 is 0 Å². The van der Waals surface area contributed by atoms with Gasteiger partial charge >= 0.3 is 0 Å². The molecule has 0 radical (unpaired) electrons. The first-order valence-corrected chi connectivity index (χ1v) is 9.60. The van der Waals surface area contributed by atoms with Gasteiger partial charge < -0.3 is 15.4 Å². The molecule has 2 N–H and O–H groups in total. The van der Waals surface area contributed by atoms with Gasteiger partial charge in [0.05, 0.1) is 30.0 Å². The van der Waals surface area contributed by atoms with Crippen LogP contribution in [0, 0.1) is 0 Å². The van der Waals surface area contributed by atoms with Crippen LogP contribution in [0.15, 0.2) is 27.5 Å². The lowest BCUT2D eigenvalue weighted by molar-refractivity contribution is -0.115. The van der Waals surface area contributed by atoms with Crippen LogP contribution in [0.3, 0.4) is 0 Å². The Labute approximate surface area is 163 Å². The summed E-state index contributed by atoms with van der Waals surface area (Å²) in [7, 11) is 1.56. The SMILES string of the molecule is COCCNC(=O)c1cc(CCl)ccc1NC(=O)Cc1csc(Br)n1. The van der Waals surface area contributed by atoms with Crippen LogP contribution in [-0.2, 0) is 21.8 Å². The normalized spacial score (nSPS) is 10.5. The molecule has 134 valence electrons. The quantitative estimate of drug-likeness (QED) is 0.482. The fraction of sp³-hybridized carbons (Fsp3) is 0.312. The van der Waals surface area contributed by atoms with Gasteiger partial charge in [-0.2, -0.15) is 0 Å². The van der Waals surface area contributed by atoms with Crippen molar-refractivity contribution in [2.45, 2.75) is 12.3 Å². The summed E-state index contributed by atoms with van der Waals surface area (Å²) in [5, 5.41) is 7.31. The number of nitrogens with one attached hydrogen (secondary N) is 2. The summed E-state index contributed by atoms with van der Waals surface area (Å²) in [6, 6.07) is 5.12. The first kappa shape index (κ1) is 19.8. The molecule has 0 saturated heterocycles. The Kier molecular flexibility index (Phi) is 7.83. The number of nitrogens with zero attached hydrogens (tertiary/aromatic N) is 1. The fourth-order valence-corrected chi connectivity index (χ4v) is 3.27. The second kappa shape index (κ2) is 9.86. The van der Waals surface area contributed by atoms with Crippen molar-refractivity contribution in [2.24, 2.45) is 0 Å². The van der Waals surface area contributed by atoms with E-state index in [1.54, 1.807) is 30.7 Å². The number of hydrogen-bond acceptors (Lipinski definition) is 5. The summed E-state index contributed by atoms with van der Waals surface area (Å²) in [5.41, 5.74) is 2.25. The minimum atomic E-state index is -0.296. The zero-order valence-corrected chi connectivity index (χ0v) is 16.6. The van der Waals surface area contributed by atoms with Crippen molar-refractivity contribution in [1.82, 2.24) is 10.3 Å². The van der Waals surface area contributed by atoms with Crippen LogP contribution >= 0.6 is 38.9 Å². The molecule has 2 aromatic rings. The summed E-state index contributed by atoms with van der Waals surface area (Å²) >= 11 is 10.5. The molecule has 2 amide bonds. The number of alkyl halides is 1. The maximum absolute atomic E-state index is 12.4. The van der Waals surface area contributed by atoms with E-state index >= 15 is 0 Å². The average molecular weight is 447 g/mol. The van der Waals surface area contributed by atoms with Gasteiger partial charge in [0.25, 0.3) is 5.91 Å². The fourth-order valence-electron chi connectivity index (χ4n) is 2.06. The summed E-state index contributed by atoms with van der Waals surface area (Å²) in [5.74, 6) is -0.266. The van der Waals surface area contributed by atoms with Crippen molar-refractivity contribution in [2.75, 3.05) is 25.6 Å². The number of methoxy groups -OCH3 is 1. The van der Waals surface area contributed by atoms with Crippen molar-refractivity contribution in [3.8, 4) is 0 Å². The second-order valence-electron chi connectivity index (χ2n) is 5.08. The molecule has 2 rings (SSSR count). The Morgan fingerprint density at radius 1 is 1.40 bits per heavy atom. The van der Waals surface area contributed by atoms with Gasteiger partial charge in [-0.1, -0.05) is 6.07 Å². The van der Waals surface area contributed by atoms with Crippen molar-refractivity contribution >= 4 is 56.4 Å². The van der Waals surface area contributed by atoms with E-state index in [0.29, 0.717) is 30.1 Å². The van der Waals surface area contributed by atoms with Gasteiger partial charge in [-0.25, -0.2) is 4.98 Å². The maximum Gasteiger partial charge on any atom is 0.253 e. The molecule has 0 unspecified atom stereocenters. The first-order chi connectivity index (χ1) is 12.0. The lowest BCUT2D eigenvalue weighted by Crippen LogP contribution is -2.28. The van der Waals surface area contributed by atoms with E-state index in [4.69, 9.17) is 16.3 Å². The number of benzene rings is 1.